The fourth-order valence-corrected chi connectivity index (χ4v) is 1.04. The molecule has 0 spiro atoms. The molecule has 0 aliphatic rings. The number of esters is 2. The van der Waals surface area contributed by atoms with Crippen LogP contribution in [-0.2, 0) is 23.9 Å². The largest absolute Gasteiger partial charge is 0.569 e. The molecule has 0 fully saturated rings. The Bertz CT molecular complexity index is 305. The molecule has 0 aliphatic carbocycles. The minimum Gasteiger partial charge on any atom is -0.569 e. The highest BCUT2D eigenvalue weighted by Gasteiger charge is 2.14. The average molecular weight is 298 g/mol. The molecule has 0 radical (unpaired) electrons. The van der Waals surface area contributed by atoms with Crippen molar-refractivity contribution in [3.05, 3.63) is 5.21 Å². The number of carbonyl (C=O) groups excluding carboxylic acids is 2. The molecule has 0 atom stereocenters. The maximum absolute atomic E-state index is 11.5. The van der Waals surface area contributed by atoms with Gasteiger partial charge >= 0.3 is 11.9 Å². The normalized spacial score (nSPS) is 10.8. The molecule has 0 heterocycles. The molecule has 0 N–H and O–H groups in total. The van der Waals surface area contributed by atoms with Crippen molar-refractivity contribution in [1.82, 2.24) is 5.01 Å². The van der Waals surface area contributed by atoms with Gasteiger partial charge in [0, 0.05) is 13.8 Å². The Balaban J connectivity index is 4.28. The molecule has 0 unspecified atom stereocenters. The first-order valence-electron chi connectivity index (χ1n) is 5.35. The zero-order valence-corrected chi connectivity index (χ0v) is 11.5. The SMILES string of the molecule is CC(=O)OCCN(CCOC(C)=O)[N+]([O-])=NOCCl. The van der Waals surface area contributed by atoms with Crippen LogP contribution in [0.5, 0.6) is 0 Å². The van der Waals surface area contributed by atoms with Gasteiger partial charge in [0.2, 0.25) is 5.28 Å². The Labute approximate surface area is 115 Å². The number of hydrogen-bond donors (Lipinski definition) is 0. The first-order valence-corrected chi connectivity index (χ1v) is 5.88. The van der Waals surface area contributed by atoms with Gasteiger partial charge in [-0.2, -0.15) is 0 Å². The van der Waals surface area contributed by atoms with Crippen molar-refractivity contribution in [2.45, 2.75) is 13.8 Å². The third-order valence-electron chi connectivity index (χ3n) is 1.73. The van der Waals surface area contributed by atoms with Crippen LogP contribution in [0.15, 0.2) is 5.28 Å². The van der Waals surface area contributed by atoms with Gasteiger partial charge in [-0.1, -0.05) is 11.6 Å². The molecular formula is C9H16ClN3O6. The molecule has 0 aromatic heterocycles. The van der Waals surface area contributed by atoms with E-state index >= 15 is 0 Å². The third kappa shape index (κ3) is 9.89. The van der Waals surface area contributed by atoms with Crippen molar-refractivity contribution in [1.29, 1.82) is 0 Å². The molecule has 0 bridgehead atoms. The van der Waals surface area contributed by atoms with Gasteiger partial charge < -0.3 is 19.5 Å². The van der Waals surface area contributed by atoms with E-state index in [0.29, 0.717) is 0 Å². The zero-order valence-electron chi connectivity index (χ0n) is 10.7. The molecule has 0 aromatic rings. The lowest BCUT2D eigenvalue weighted by Crippen LogP contribution is -2.37. The smallest absolute Gasteiger partial charge is 0.302 e. The number of carbonyl (C=O) groups is 2. The van der Waals surface area contributed by atoms with Crippen molar-refractivity contribution in [3.63, 3.8) is 0 Å². The van der Waals surface area contributed by atoms with E-state index in [1.165, 1.54) is 13.8 Å². The van der Waals surface area contributed by atoms with Crippen molar-refractivity contribution in [2.24, 2.45) is 5.28 Å². The number of halogens is 1. The average Bonchev–Trinajstić information content (AvgIpc) is 2.33. The van der Waals surface area contributed by atoms with Gasteiger partial charge in [-0.25, -0.2) is 0 Å². The molecule has 0 amide bonds. The molecule has 110 valence electrons. The Morgan fingerprint density at radius 3 is 2.05 bits per heavy atom. The topological polar surface area (TPSA) is 104 Å². The highest BCUT2D eigenvalue weighted by Crippen LogP contribution is 1.94. The summed E-state index contributed by atoms with van der Waals surface area (Å²) in [4.78, 5) is 25.7. The van der Waals surface area contributed by atoms with Crippen molar-refractivity contribution in [2.75, 3.05) is 32.4 Å². The lowest BCUT2D eigenvalue weighted by molar-refractivity contribution is -0.711. The van der Waals surface area contributed by atoms with E-state index in [2.05, 4.69) is 10.1 Å². The fourth-order valence-electron chi connectivity index (χ4n) is 0.995. The predicted molar refractivity (Wildman–Crippen MR) is 62.7 cm³/mol. The lowest BCUT2D eigenvalue weighted by Gasteiger charge is -2.17. The van der Waals surface area contributed by atoms with Crippen LogP contribution in [0.1, 0.15) is 13.8 Å². The summed E-state index contributed by atoms with van der Waals surface area (Å²) in [6.07, 6.45) is 0. The second kappa shape index (κ2) is 10.2. The summed E-state index contributed by atoms with van der Waals surface area (Å²) in [6, 6.07) is -0.277. The summed E-state index contributed by atoms with van der Waals surface area (Å²) in [6.45, 7) is 2.62. The first kappa shape index (κ1) is 17.2. The Hall–Kier alpha value is -1.77. The van der Waals surface area contributed by atoms with E-state index < -0.39 is 11.9 Å². The van der Waals surface area contributed by atoms with Gasteiger partial charge in [-0.05, 0) is 0 Å². The Morgan fingerprint density at radius 1 is 1.21 bits per heavy atom. The van der Waals surface area contributed by atoms with Crippen molar-refractivity contribution >= 4 is 23.5 Å². The van der Waals surface area contributed by atoms with Crippen LogP contribution in [0.3, 0.4) is 0 Å². The van der Waals surface area contributed by atoms with Gasteiger partial charge in [-0.15, -0.1) is 5.01 Å². The van der Waals surface area contributed by atoms with Crippen LogP contribution in [0.25, 0.3) is 0 Å². The van der Waals surface area contributed by atoms with E-state index in [4.69, 9.17) is 21.1 Å². The summed E-state index contributed by atoms with van der Waals surface area (Å²) in [5.41, 5.74) is 0. The Kier molecular flexibility index (Phi) is 9.23. The molecule has 10 heteroatoms. The molecule has 0 saturated heterocycles. The van der Waals surface area contributed by atoms with Crippen LogP contribution >= 0.6 is 11.6 Å². The minimum absolute atomic E-state index is 0.00939. The summed E-state index contributed by atoms with van der Waals surface area (Å²) in [7, 11) is 0. The lowest BCUT2D eigenvalue weighted by atomic mass is 10.5. The van der Waals surface area contributed by atoms with Crippen molar-refractivity contribution in [3.8, 4) is 0 Å². The second-order valence-electron chi connectivity index (χ2n) is 3.21. The number of alkyl halides is 1. The standard InChI is InChI=1S/C9H16ClN3O6/c1-8(14)17-5-3-12(4-6-18-9(2)15)13(16)11-19-7-10/h3-7H2,1-2H3. The monoisotopic (exact) mass is 297 g/mol. The van der Waals surface area contributed by atoms with Gasteiger partial charge in [0.15, 0.2) is 6.07 Å². The number of hydrogen-bond acceptors (Lipinski definition) is 7. The van der Waals surface area contributed by atoms with Gasteiger partial charge in [0.1, 0.15) is 26.3 Å². The summed E-state index contributed by atoms with van der Waals surface area (Å²) < 4.78 is 9.38. The van der Waals surface area contributed by atoms with Crippen LogP contribution in [0.4, 0.5) is 0 Å². The maximum Gasteiger partial charge on any atom is 0.302 e. The van der Waals surface area contributed by atoms with E-state index in [0.717, 1.165) is 5.01 Å². The molecular weight excluding hydrogens is 282 g/mol. The molecule has 0 aliphatic heterocycles. The third-order valence-corrected chi connectivity index (χ3v) is 1.83. The van der Waals surface area contributed by atoms with Crippen LogP contribution in [0, 0.1) is 5.21 Å². The predicted octanol–water partition coefficient (Wildman–Crippen LogP) is 0.420. The summed E-state index contributed by atoms with van der Waals surface area (Å²) in [5, 5.41) is 15.7. The summed E-state index contributed by atoms with van der Waals surface area (Å²) in [5.74, 6) is -0.933. The van der Waals surface area contributed by atoms with Crippen LogP contribution in [-0.4, -0.2) is 54.3 Å². The van der Waals surface area contributed by atoms with E-state index in [1.807, 2.05) is 0 Å². The minimum atomic E-state index is -0.466. The summed E-state index contributed by atoms with van der Waals surface area (Å²) >= 11 is 5.20. The molecule has 0 rings (SSSR count). The van der Waals surface area contributed by atoms with Gasteiger partial charge in [0.25, 0.3) is 0 Å². The second-order valence-corrected chi connectivity index (χ2v) is 3.42. The fraction of sp³-hybridized carbons (Fsp3) is 0.778. The van der Waals surface area contributed by atoms with E-state index in [1.54, 1.807) is 0 Å². The maximum atomic E-state index is 11.5. The van der Waals surface area contributed by atoms with Crippen LogP contribution < -0.4 is 0 Å². The first-order chi connectivity index (χ1) is 8.97. The van der Waals surface area contributed by atoms with Gasteiger partial charge in [-0.3, -0.25) is 9.59 Å². The molecule has 9 nitrogen and oxygen atoms in total. The van der Waals surface area contributed by atoms with Gasteiger partial charge in [0.05, 0.1) is 4.97 Å². The molecule has 0 saturated carbocycles. The number of rotatable bonds is 9. The van der Waals surface area contributed by atoms with E-state index in [9.17, 15) is 14.8 Å². The Morgan fingerprint density at radius 2 is 1.68 bits per heavy atom. The highest BCUT2D eigenvalue weighted by molar-refractivity contribution is 6.17. The quantitative estimate of drug-likeness (QED) is 0.200. The molecule has 19 heavy (non-hydrogen) atoms. The van der Waals surface area contributed by atoms with Crippen LogP contribution in [0.2, 0.25) is 0 Å². The highest BCUT2D eigenvalue weighted by atomic mass is 35.5. The molecule has 0 aromatic carbocycles. The number of hydrazine groups is 1. The zero-order chi connectivity index (χ0) is 14.7. The van der Waals surface area contributed by atoms with E-state index in [-0.39, 0.29) is 37.3 Å². The van der Waals surface area contributed by atoms with Crippen molar-refractivity contribution < 1.29 is 28.9 Å². The number of nitrogens with zero attached hydrogens (tertiary/aromatic N) is 3. The number of ether oxygens (including phenoxy) is 2.